The van der Waals surface area contributed by atoms with Crippen molar-refractivity contribution < 1.29 is 0 Å². The van der Waals surface area contributed by atoms with E-state index in [4.69, 9.17) is 0 Å². The standard InChI is InChI=1S/C13H16N6/c1-10(15-9-12-14-6-8-18(12)2)13-17-16-11-5-3-4-7-19(11)13/h3-8,10,15H,9H2,1-2H3. The van der Waals surface area contributed by atoms with Gasteiger partial charge in [-0.15, -0.1) is 10.2 Å². The summed E-state index contributed by atoms with van der Waals surface area (Å²) in [6.45, 7) is 2.78. The molecule has 0 amide bonds. The lowest BCUT2D eigenvalue weighted by Gasteiger charge is -2.12. The van der Waals surface area contributed by atoms with E-state index in [2.05, 4.69) is 27.4 Å². The first-order valence-corrected chi connectivity index (χ1v) is 6.25. The molecule has 0 bridgehead atoms. The summed E-state index contributed by atoms with van der Waals surface area (Å²) in [5.41, 5.74) is 0.864. The van der Waals surface area contributed by atoms with Crippen molar-refractivity contribution in [3.05, 3.63) is 48.4 Å². The topological polar surface area (TPSA) is 60.0 Å². The van der Waals surface area contributed by atoms with Crippen LogP contribution in [0.15, 0.2) is 36.8 Å². The highest BCUT2D eigenvalue weighted by atomic mass is 15.3. The maximum absolute atomic E-state index is 4.29. The molecule has 98 valence electrons. The molecule has 1 atom stereocenters. The van der Waals surface area contributed by atoms with Crippen molar-refractivity contribution in [3.63, 3.8) is 0 Å². The Morgan fingerprint density at radius 1 is 1.26 bits per heavy atom. The van der Waals surface area contributed by atoms with Crippen LogP contribution in [0.4, 0.5) is 0 Å². The van der Waals surface area contributed by atoms with Gasteiger partial charge in [0.15, 0.2) is 11.5 Å². The number of nitrogens with one attached hydrogen (secondary N) is 1. The zero-order valence-corrected chi connectivity index (χ0v) is 11.0. The summed E-state index contributed by atoms with van der Waals surface area (Å²) in [5.74, 6) is 1.91. The molecule has 3 heterocycles. The van der Waals surface area contributed by atoms with Gasteiger partial charge in [-0.3, -0.25) is 4.40 Å². The Balaban J connectivity index is 1.77. The second-order valence-corrected chi connectivity index (χ2v) is 4.54. The van der Waals surface area contributed by atoms with Gasteiger partial charge >= 0.3 is 0 Å². The fraction of sp³-hybridized carbons (Fsp3) is 0.308. The van der Waals surface area contributed by atoms with Crippen molar-refractivity contribution in [1.82, 2.24) is 29.5 Å². The molecular formula is C13H16N6. The molecule has 6 heteroatoms. The minimum absolute atomic E-state index is 0.106. The second kappa shape index (κ2) is 4.81. The molecule has 0 fully saturated rings. The Bertz CT molecular complexity index is 683. The number of aromatic nitrogens is 5. The van der Waals surface area contributed by atoms with E-state index >= 15 is 0 Å². The van der Waals surface area contributed by atoms with Gasteiger partial charge in [0.1, 0.15) is 5.82 Å². The molecule has 0 aliphatic heterocycles. The molecule has 1 unspecified atom stereocenters. The van der Waals surface area contributed by atoms with E-state index in [1.165, 1.54) is 0 Å². The van der Waals surface area contributed by atoms with Gasteiger partial charge in [0, 0.05) is 25.6 Å². The van der Waals surface area contributed by atoms with Crippen LogP contribution in [-0.4, -0.2) is 24.1 Å². The van der Waals surface area contributed by atoms with Crippen LogP contribution < -0.4 is 5.32 Å². The minimum Gasteiger partial charge on any atom is -0.337 e. The molecule has 3 aromatic heterocycles. The van der Waals surface area contributed by atoms with Crippen molar-refractivity contribution in [2.24, 2.45) is 7.05 Å². The number of pyridine rings is 1. The third kappa shape index (κ3) is 2.22. The van der Waals surface area contributed by atoms with Crippen LogP contribution in [0.1, 0.15) is 24.6 Å². The molecule has 3 aromatic rings. The molecular weight excluding hydrogens is 240 g/mol. The Hall–Kier alpha value is -2.21. The van der Waals surface area contributed by atoms with Crippen molar-refractivity contribution in [2.45, 2.75) is 19.5 Å². The van der Waals surface area contributed by atoms with Crippen LogP contribution in [0, 0.1) is 0 Å². The predicted molar refractivity (Wildman–Crippen MR) is 71.4 cm³/mol. The number of hydrogen-bond acceptors (Lipinski definition) is 4. The Kier molecular flexibility index (Phi) is 3.00. The molecule has 0 saturated carbocycles. The molecule has 1 N–H and O–H groups in total. The van der Waals surface area contributed by atoms with E-state index in [0.717, 1.165) is 17.3 Å². The smallest absolute Gasteiger partial charge is 0.160 e. The summed E-state index contributed by atoms with van der Waals surface area (Å²) in [6.07, 6.45) is 5.71. The number of nitrogens with zero attached hydrogens (tertiary/aromatic N) is 5. The number of hydrogen-bond donors (Lipinski definition) is 1. The molecule has 0 radical (unpaired) electrons. The molecule has 0 aliphatic rings. The SMILES string of the molecule is CC(NCc1nccn1C)c1nnc2ccccn12. The molecule has 6 nitrogen and oxygen atoms in total. The van der Waals surface area contributed by atoms with Gasteiger partial charge in [0.25, 0.3) is 0 Å². The molecule has 19 heavy (non-hydrogen) atoms. The molecule has 3 rings (SSSR count). The van der Waals surface area contributed by atoms with Crippen LogP contribution in [0.5, 0.6) is 0 Å². The maximum atomic E-state index is 4.29. The van der Waals surface area contributed by atoms with Gasteiger partial charge in [0.05, 0.1) is 12.6 Å². The monoisotopic (exact) mass is 256 g/mol. The van der Waals surface area contributed by atoms with E-state index in [0.29, 0.717) is 6.54 Å². The Morgan fingerprint density at radius 2 is 2.16 bits per heavy atom. The summed E-state index contributed by atoms with van der Waals surface area (Å²) in [7, 11) is 1.99. The van der Waals surface area contributed by atoms with E-state index in [1.54, 1.807) is 6.20 Å². The average molecular weight is 256 g/mol. The first kappa shape index (κ1) is 11.9. The van der Waals surface area contributed by atoms with Gasteiger partial charge in [-0.25, -0.2) is 4.98 Å². The van der Waals surface area contributed by atoms with Gasteiger partial charge < -0.3 is 9.88 Å². The third-order valence-electron chi connectivity index (χ3n) is 3.21. The predicted octanol–water partition coefficient (Wildman–Crippen LogP) is 1.31. The highest BCUT2D eigenvalue weighted by molar-refractivity contribution is 5.37. The van der Waals surface area contributed by atoms with Gasteiger partial charge in [-0.2, -0.15) is 0 Å². The molecule has 0 saturated heterocycles. The number of aryl methyl sites for hydroxylation is 1. The lowest BCUT2D eigenvalue weighted by Crippen LogP contribution is -2.22. The Morgan fingerprint density at radius 3 is 2.95 bits per heavy atom. The normalized spacial score (nSPS) is 12.9. The zero-order chi connectivity index (χ0) is 13.2. The number of rotatable bonds is 4. The van der Waals surface area contributed by atoms with Crippen molar-refractivity contribution in [1.29, 1.82) is 0 Å². The van der Waals surface area contributed by atoms with E-state index < -0.39 is 0 Å². The van der Waals surface area contributed by atoms with Crippen molar-refractivity contribution >= 4 is 5.65 Å². The molecule has 0 spiro atoms. The van der Waals surface area contributed by atoms with Crippen molar-refractivity contribution in [3.8, 4) is 0 Å². The fourth-order valence-corrected chi connectivity index (χ4v) is 2.06. The highest BCUT2D eigenvalue weighted by Gasteiger charge is 2.13. The molecule has 0 aliphatic carbocycles. The summed E-state index contributed by atoms with van der Waals surface area (Å²) in [6, 6.07) is 5.99. The maximum Gasteiger partial charge on any atom is 0.160 e. The minimum atomic E-state index is 0.106. The van der Waals surface area contributed by atoms with Gasteiger partial charge in [0.2, 0.25) is 0 Å². The van der Waals surface area contributed by atoms with Gasteiger partial charge in [-0.1, -0.05) is 6.07 Å². The van der Waals surface area contributed by atoms with Crippen LogP contribution in [0.3, 0.4) is 0 Å². The fourth-order valence-electron chi connectivity index (χ4n) is 2.06. The number of fused-ring (bicyclic) bond motifs is 1. The Labute approximate surface area is 111 Å². The summed E-state index contributed by atoms with van der Waals surface area (Å²) in [4.78, 5) is 4.29. The first-order chi connectivity index (χ1) is 9.25. The third-order valence-corrected chi connectivity index (χ3v) is 3.21. The first-order valence-electron chi connectivity index (χ1n) is 6.25. The van der Waals surface area contributed by atoms with Crippen molar-refractivity contribution in [2.75, 3.05) is 0 Å². The van der Waals surface area contributed by atoms with Crippen LogP contribution in [0.2, 0.25) is 0 Å². The van der Waals surface area contributed by atoms with Crippen LogP contribution in [-0.2, 0) is 13.6 Å². The van der Waals surface area contributed by atoms with Crippen LogP contribution in [0.25, 0.3) is 5.65 Å². The summed E-state index contributed by atoms with van der Waals surface area (Å²) >= 11 is 0. The number of imidazole rings is 1. The summed E-state index contributed by atoms with van der Waals surface area (Å²) in [5, 5.41) is 11.8. The zero-order valence-electron chi connectivity index (χ0n) is 11.0. The largest absolute Gasteiger partial charge is 0.337 e. The lowest BCUT2D eigenvalue weighted by atomic mass is 10.3. The van der Waals surface area contributed by atoms with E-state index in [9.17, 15) is 0 Å². The summed E-state index contributed by atoms with van der Waals surface area (Å²) < 4.78 is 4.00. The lowest BCUT2D eigenvalue weighted by molar-refractivity contribution is 0.522. The van der Waals surface area contributed by atoms with Crippen LogP contribution >= 0.6 is 0 Å². The molecule has 0 aromatic carbocycles. The highest BCUT2D eigenvalue weighted by Crippen LogP contribution is 2.12. The van der Waals surface area contributed by atoms with Gasteiger partial charge in [-0.05, 0) is 19.1 Å². The second-order valence-electron chi connectivity index (χ2n) is 4.54. The van der Waals surface area contributed by atoms with E-state index in [-0.39, 0.29) is 6.04 Å². The average Bonchev–Trinajstić information content (AvgIpc) is 3.02. The quantitative estimate of drug-likeness (QED) is 0.764. The van der Waals surface area contributed by atoms with E-state index in [1.807, 2.05) is 46.6 Å².